The minimum atomic E-state index is -0.720. The summed E-state index contributed by atoms with van der Waals surface area (Å²) in [6.45, 7) is 12.2. The highest BCUT2D eigenvalue weighted by molar-refractivity contribution is 5.91. The van der Waals surface area contributed by atoms with Gasteiger partial charge in [0.05, 0.1) is 18.0 Å². The summed E-state index contributed by atoms with van der Waals surface area (Å²) >= 11 is 0. The maximum absolute atomic E-state index is 13.9. The van der Waals surface area contributed by atoms with Crippen LogP contribution in [0.2, 0.25) is 0 Å². The second-order valence-corrected chi connectivity index (χ2v) is 11.0. The minimum absolute atomic E-state index is 0.0925. The van der Waals surface area contributed by atoms with Gasteiger partial charge >= 0.3 is 0 Å². The molecule has 2 aliphatic heterocycles. The monoisotopic (exact) mass is 484 g/mol. The van der Waals surface area contributed by atoms with Gasteiger partial charge < -0.3 is 20.4 Å². The highest BCUT2D eigenvalue weighted by Gasteiger charge is 2.54. The lowest BCUT2D eigenvalue weighted by atomic mass is 9.84. The number of rotatable bonds is 7. The number of fused-ring (bicyclic) bond motifs is 1. The Kier molecular flexibility index (Phi) is 8.23. The Bertz CT molecular complexity index is 942. The fourth-order valence-corrected chi connectivity index (χ4v) is 5.14. The van der Waals surface area contributed by atoms with E-state index in [1.54, 1.807) is 9.80 Å². The molecule has 2 N–H and O–H groups in total. The lowest BCUT2D eigenvalue weighted by Crippen LogP contribution is -2.58. The zero-order valence-electron chi connectivity index (χ0n) is 21.8. The molecule has 8 heteroatoms. The molecule has 35 heavy (non-hydrogen) atoms. The van der Waals surface area contributed by atoms with Gasteiger partial charge in [-0.1, -0.05) is 65.0 Å². The summed E-state index contributed by atoms with van der Waals surface area (Å²) in [5.74, 6) is -1.31. The lowest BCUT2D eigenvalue weighted by Gasteiger charge is -2.37. The molecule has 2 heterocycles. The summed E-state index contributed by atoms with van der Waals surface area (Å²) in [7, 11) is 0. The van der Waals surface area contributed by atoms with Crippen molar-refractivity contribution in [2.45, 2.75) is 79.1 Å². The molecule has 0 bridgehead atoms. The Hall–Kier alpha value is -2.90. The molecule has 0 unspecified atom stereocenters. The van der Waals surface area contributed by atoms with E-state index in [0.717, 1.165) is 5.56 Å². The molecule has 192 valence electrons. The van der Waals surface area contributed by atoms with Crippen LogP contribution in [0.15, 0.2) is 30.3 Å². The van der Waals surface area contributed by atoms with E-state index in [9.17, 15) is 19.2 Å². The minimum Gasteiger partial charge on any atom is -0.352 e. The van der Waals surface area contributed by atoms with Gasteiger partial charge in [0.25, 0.3) is 0 Å². The van der Waals surface area contributed by atoms with Crippen molar-refractivity contribution in [1.29, 1.82) is 0 Å². The molecule has 2 fully saturated rings. The molecule has 8 nitrogen and oxygen atoms in total. The molecule has 0 spiro atoms. The van der Waals surface area contributed by atoms with E-state index in [2.05, 4.69) is 10.6 Å². The van der Waals surface area contributed by atoms with Crippen molar-refractivity contribution in [3.05, 3.63) is 35.9 Å². The first-order valence-electron chi connectivity index (χ1n) is 12.6. The predicted molar refractivity (Wildman–Crippen MR) is 134 cm³/mol. The quantitative estimate of drug-likeness (QED) is 0.621. The summed E-state index contributed by atoms with van der Waals surface area (Å²) in [5.41, 5.74) is 0.473. The van der Waals surface area contributed by atoms with E-state index >= 15 is 0 Å². The number of nitrogens with one attached hydrogen (secondary N) is 2. The molecule has 0 aliphatic carbocycles. The summed E-state index contributed by atoms with van der Waals surface area (Å²) < 4.78 is 0. The lowest BCUT2D eigenvalue weighted by molar-refractivity contribution is -0.142. The summed E-state index contributed by atoms with van der Waals surface area (Å²) in [6.07, 6.45) is 1.30. The molecule has 5 atom stereocenters. The molecule has 1 aromatic carbocycles. The van der Waals surface area contributed by atoms with Crippen LogP contribution in [0.1, 0.15) is 59.9 Å². The fraction of sp³-hybridized carbons (Fsp3) is 0.630. The largest absolute Gasteiger partial charge is 0.352 e. The van der Waals surface area contributed by atoms with E-state index in [4.69, 9.17) is 0 Å². The van der Waals surface area contributed by atoms with E-state index in [1.165, 1.54) is 6.92 Å². The van der Waals surface area contributed by atoms with Gasteiger partial charge in [-0.25, -0.2) is 0 Å². The third-order valence-electron chi connectivity index (χ3n) is 7.42. The fourth-order valence-electron chi connectivity index (χ4n) is 5.14. The average Bonchev–Trinajstić information content (AvgIpc) is 3.40. The Balaban J connectivity index is 1.83. The van der Waals surface area contributed by atoms with Crippen LogP contribution in [0.25, 0.3) is 0 Å². The normalized spacial score (nSPS) is 23.4. The number of nitrogens with zero attached hydrogens (tertiary/aromatic N) is 2. The van der Waals surface area contributed by atoms with Crippen molar-refractivity contribution in [3.8, 4) is 0 Å². The number of carbonyl (C=O) groups is 4. The van der Waals surface area contributed by atoms with Gasteiger partial charge in [0, 0.05) is 32.5 Å². The SMILES string of the molecule is CC[C@@H](C)C(=O)N[C@H](C(=O)N1CC[C@@H]2[C@H]1[C@@H](C(=O)NCc1ccccc1)CN2C(C)=O)C(C)(C)C. The smallest absolute Gasteiger partial charge is 0.246 e. The highest BCUT2D eigenvalue weighted by atomic mass is 16.2. The average molecular weight is 485 g/mol. The zero-order chi connectivity index (χ0) is 25.9. The van der Waals surface area contributed by atoms with Crippen molar-refractivity contribution in [1.82, 2.24) is 20.4 Å². The molecule has 2 saturated heterocycles. The van der Waals surface area contributed by atoms with Gasteiger partial charge in [0.1, 0.15) is 6.04 Å². The third kappa shape index (κ3) is 5.85. The first kappa shape index (κ1) is 26.7. The van der Waals surface area contributed by atoms with Gasteiger partial charge in [-0.3, -0.25) is 19.2 Å². The Morgan fingerprint density at radius 1 is 1.09 bits per heavy atom. The molecule has 0 saturated carbocycles. The summed E-state index contributed by atoms with van der Waals surface area (Å²) in [4.78, 5) is 55.8. The van der Waals surface area contributed by atoms with Crippen LogP contribution in [-0.2, 0) is 25.7 Å². The molecule has 1 aromatic rings. The predicted octanol–water partition coefficient (Wildman–Crippen LogP) is 2.33. The maximum Gasteiger partial charge on any atom is 0.246 e. The Labute approximate surface area is 208 Å². The number of hydrogen-bond donors (Lipinski definition) is 2. The van der Waals surface area contributed by atoms with Gasteiger partial charge in [-0.2, -0.15) is 0 Å². The van der Waals surface area contributed by atoms with Crippen LogP contribution in [0, 0.1) is 17.3 Å². The van der Waals surface area contributed by atoms with Crippen molar-refractivity contribution < 1.29 is 19.2 Å². The van der Waals surface area contributed by atoms with Crippen LogP contribution < -0.4 is 10.6 Å². The number of likely N-dealkylation sites (tertiary alicyclic amines) is 2. The Morgan fingerprint density at radius 2 is 1.74 bits per heavy atom. The van der Waals surface area contributed by atoms with Gasteiger partial charge in [-0.15, -0.1) is 0 Å². The Morgan fingerprint density at radius 3 is 2.31 bits per heavy atom. The maximum atomic E-state index is 13.9. The molecule has 0 radical (unpaired) electrons. The van der Waals surface area contributed by atoms with Crippen LogP contribution in [0.3, 0.4) is 0 Å². The molecule has 4 amide bonds. The number of benzene rings is 1. The highest BCUT2D eigenvalue weighted by Crippen LogP contribution is 2.37. The van der Waals surface area contributed by atoms with E-state index in [0.29, 0.717) is 25.9 Å². The third-order valence-corrected chi connectivity index (χ3v) is 7.42. The van der Waals surface area contributed by atoms with E-state index in [-0.39, 0.29) is 42.1 Å². The van der Waals surface area contributed by atoms with Crippen LogP contribution in [0.5, 0.6) is 0 Å². The standard InChI is InChI=1S/C27H40N4O4/c1-7-17(2)24(33)29-23(27(4,5)6)26(35)30-14-13-21-22(30)20(16-31(21)18(3)32)25(34)28-15-19-11-9-8-10-12-19/h8-12,17,20-23H,7,13-16H2,1-6H3,(H,28,34)(H,29,33)/t17-,20+,21-,22-,23-/m1/s1. The molecule has 3 rings (SSSR count). The van der Waals surface area contributed by atoms with Gasteiger partial charge in [0.2, 0.25) is 23.6 Å². The van der Waals surface area contributed by atoms with Crippen molar-refractivity contribution in [2.24, 2.45) is 17.3 Å². The van der Waals surface area contributed by atoms with Crippen LogP contribution >= 0.6 is 0 Å². The first-order valence-corrected chi connectivity index (χ1v) is 12.6. The second kappa shape index (κ2) is 10.8. The van der Waals surface area contributed by atoms with Gasteiger partial charge in [0.15, 0.2) is 0 Å². The zero-order valence-corrected chi connectivity index (χ0v) is 21.8. The summed E-state index contributed by atoms with van der Waals surface area (Å²) in [5, 5.41) is 5.98. The molecular weight excluding hydrogens is 444 g/mol. The van der Waals surface area contributed by atoms with E-state index in [1.807, 2.05) is 65.0 Å². The summed E-state index contributed by atoms with van der Waals surface area (Å²) in [6, 6.07) is 8.32. The number of amides is 4. The van der Waals surface area contributed by atoms with E-state index < -0.39 is 23.4 Å². The van der Waals surface area contributed by atoms with Crippen LogP contribution in [0.4, 0.5) is 0 Å². The van der Waals surface area contributed by atoms with Crippen molar-refractivity contribution in [3.63, 3.8) is 0 Å². The second-order valence-electron chi connectivity index (χ2n) is 11.0. The molecule has 0 aromatic heterocycles. The molecular formula is C27H40N4O4. The van der Waals surface area contributed by atoms with Gasteiger partial charge in [-0.05, 0) is 23.8 Å². The molecule has 2 aliphatic rings. The van der Waals surface area contributed by atoms with Crippen molar-refractivity contribution in [2.75, 3.05) is 13.1 Å². The number of carbonyl (C=O) groups excluding carboxylic acids is 4. The topological polar surface area (TPSA) is 98.8 Å². The first-order chi connectivity index (χ1) is 16.5. The van der Waals surface area contributed by atoms with Crippen LogP contribution in [-0.4, -0.2) is 64.6 Å². The number of hydrogen-bond acceptors (Lipinski definition) is 4. The van der Waals surface area contributed by atoms with Crippen molar-refractivity contribution >= 4 is 23.6 Å².